The molecule has 1 amide bonds. The van der Waals surface area contributed by atoms with Gasteiger partial charge in [-0.15, -0.1) is 0 Å². The van der Waals surface area contributed by atoms with Crippen LogP contribution in [0.25, 0.3) is 10.9 Å². The molecule has 3 rings (SSSR count). The van der Waals surface area contributed by atoms with E-state index in [4.69, 9.17) is 0 Å². The molecule has 1 fully saturated rings. The van der Waals surface area contributed by atoms with Crippen LogP contribution in [0, 0.1) is 11.3 Å². The number of fused-ring (bicyclic) bond motifs is 1. The standard InChI is InChI=1S/C16H17N3OS/c17-11-16(5-7-21-8-6-16)19-15(20)9-12-10-18-14-4-2-1-3-13(12)14/h1-4,10,18H,5-9H2,(H,19,20). The van der Waals surface area contributed by atoms with Crippen LogP contribution in [0.1, 0.15) is 18.4 Å². The summed E-state index contributed by atoms with van der Waals surface area (Å²) in [7, 11) is 0. The zero-order valence-corrected chi connectivity index (χ0v) is 12.5. The Bertz CT molecular complexity index is 695. The van der Waals surface area contributed by atoms with Crippen LogP contribution >= 0.6 is 11.8 Å². The minimum absolute atomic E-state index is 0.0757. The number of nitrogens with zero attached hydrogens (tertiary/aromatic N) is 1. The molecule has 0 aliphatic carbocycles. The van der Waals surface area contributed by atoms with Crippen LogP contribution in [0.15, 0.2) is 30.5 Å². The van der Waals surface area contributed by atoms with Crippen molar-refractivity contribution in [3.8, 4) is 6.07 Å². The number of rotatable bonds is 3. The second-order valence-corrected chi connectivity index (χ2v) is 6.62. The molecule has 21 heavy (non-hydrogen) atoms. The number of nitrogens with one attached hydrogen (secondary N) is 2. The maximum atomic E-state index is 12.3. The van der Waals surface area contributed by atoms with Crippen LogP contribution in [-0.4, -0.2) is 27.9 Å². The number of amides is 1. The van der Waals surface area contributed by atoms with E-state index in [-0.39, 0.29) is 5.91 Å². The van der Waals surface area contributed by atoms with Gasteiger partial charge in [0, 0.05) is 17.1 Å². The highest BCUT2D eigenvalue weighted by atomic mass is 32.2. The minimum Gasteiger partial charge on any atom is -0.361 e. The van der Waals surface area contributed by atoms with Crippen LogP contribution in [0.3, 0.4) is 0 Å². The third-order valence-corrected chi connectivity index (χ3v) is 4.95. The van der Waals surface area contributed by atoms with Gasteiger partial charge in [0.05, 0.1) is 12.5 Å². The number of thioether (sulfide) groups is 1. The topological polar surface area (TPSA) is 68.7 Å². The summed E-state index contributed by atoms with van der Waals surface area (Å²) < 4.78 is 0. The molecule has 1 aromatic carbocycles. The average Bonchev–Trinajstić information content (AvgIpc) is 2.91. The maximum absolute atomic E-state index is 12.3. The Balaban J connectivity index is 1.73. The summed E-state index contributed by atoms with van der Waals surface area (Å²) >= 11 is 1.84. The van der Waals surface area contributed by atoms with E-state index in [1.54, 1.807) is 0 Å². The molecule has 0 saturated carbocycles. The Morgan fingerprint density at radius 3 is 2.90 bits per heavy atom. The lowest BCUT2D eigenvalue weighted by Crippen LogP contribution is -2.50. The summed E-state index contributed by atoms with van der Waals surface area (Å²) in [5, 5.41) is 13.4. The van der Waals surface area contributed by atoms with E-state index in [2.05, 4.69) is 16.4 Å². The Labute approximate surface area is 127 Å². The highest BCUT2D eigenvalue weighted by Crippen LogP contribution is 2.27. The smallest absolute Gasteiger partial charge is 0.225 e. The summed E-state index contributed by atoms with van der Waals surface area (Å²) in [5.41, 5.74) is 1.33. The molecule has 5 heteroatoms. The van der Waals surface area contributed by atoms with Gasteiger partial charge in [-0.3, -0.25) is 4.79 Å². The molecule has 0 spiro atoms. The molecule has 1 aromatic heterocycles. The van der Waals surface area contributed by atoms with E-state index in [1.165, 1.54) is 0 Å². The van der Waals surface area contributed by atoms with Crippen molar-refractivity contribution in [1.82, 2.24) is 10.3 Å². The summed E-state index contributed by atoms with van der Waals surface area (Å²) in [6.45, 7) is 0. The third-order valence-electron chi connectivity index (χ3n) is 3.96. The second-order valence-electron chi connectivity index (χ2n) is 5.39. The molecule has 1 aliphatic rings. The van der Waals surface area contributed by atoms with Gasteiger partial charge in [-0.2, -0.15) is 17.0 Å². The average molecular weight is 299 g/mol. The summed E-state index contributed by atoms with van der Waals surface area (Å²) in [5.74, 6) is 1.79. The SMILES string of the molecule is N#CC1(NC(=O)Cc2c[nH]c3ccccc23)CCSCC1. The van der Waals surface area contributed by atoms with Gasteiger partial charge in [-0.05, 0) is 36.0 Å². The number of carbonyl (C=O) groups is 1. The van der Waals surface area contributed by atoms with E-state index in [0.29, 0.717) is 6.42 Å². The minimum atomic E-state index is -0.672. The highest BCUT2D eigenvalue weighted by molar-refractivity contribution is 7.99. The Kier molecular flexibility index (Phi) is 3.89. The van der Waals surface area contributed by atoms with Gasteiger partial charge in [0.15, 0.2) is 0 Å². The van der Waals surface area contributed by atoms with E-state index in [1.807, 2.05) is 42.2 Å². The number of aromatic nitrogens is 1. The lowest BCUT2D eigenvalue weighted by molar-refractivity contribution is -0.121. The van der Waals surface area contributed by atoms with E-state index in [0.717, 1.165) is 40.8 Å². The molecule has 108 valence electrons. The van der Waals surface area contributed by atoms with Crippen molar-refractivity contribution in [1.29, 1.82) is 5.26 Å². The van der Waals surface area contributed by atoms with Gasteiger partial charge >= 0.3 is 0 Å². The number of hydrogen-bond donors (Lipinski definition) is 2. The van der Waals surface area contributed by atoms with E-state index in [9.17, 15) is 10.1 Å². The van der Waals surface area contributed by atoms with Crippen molar-refractivity contribution in [2.75, 3.05) is 11.5 Å². The van der Waals surface area contributed by atoms with Gasteiger partial charge in [0.1, 0.15) is 5.54 Å². The lowest BCUT2D eigenvalue weighted by Gasteiger charge is -2.31. The second kappa shape index (κ2) is 5.82. The number of hydrogen-bond acceptors (Lipinski definition) is 3. The van der Waals surface area contributed by atoms with Gasteiger partial charge in [0.2, 0.25) is 5.91 Å². The first-order valence-corrected chi connectivity index (χ1v) is 8.23. The van der Waals surface area contributed by atoms with Crippen molar-refractivity contribution in [2.45, 2.75) is 24.8 Å². The highest BCUT2D eigenvalue weighted by Gasteiger charge is 2.33. The summed E-state index contributed by atoms with van der Waals surface area (Å²) in [6, 6.07) is 10.2. The molecule has 1 aliphatic heterocycles. The molecular weight excluding hydrogens is 282 g/mol. The summed E-state index contributed by atoms with van der Waals surface area (Å²) in [4.78, 5) is 15.5. The fraction of sp³-hybridized carbons (Fsp3) is 0.375. The third kappa shape index (κ3) is 2.91. The molecular formula is C16H17N3OS. The maximum Gasteiger partial charge on any atom is 0.225 e. The largest absolute Gasteiger partial charge is 0.361 e. The molecule has 2 N–H and O–H groups in total. The van der Waals surface area contributed by atoms with Gasteiger partial charge < -0.3 is 10.3 Å². The fourth-order valence-corrected chi connectivity index (χ4v) is 3.94. The van der Waals surface area contributed by atoms with Crippen molar-refractivity contribution < 1.29 is 4.79 Å². The predicted molar refractivity (Wildman–Crippen MR) is 85.0 cm³/mol. The fourth-order valence-electron chi connectivity index (χ4n) is 2.75. The Hall–Kier alpha value is -1.93. The van der Waals surface area contributed by atoms with Crippen LogP contribution in [0.2, 0.25) is 0 Å². The quantitative estimate of drug-likeness (QED) is 0.915. The molecule has 0 radical (unpaired) electrons. The molecule has 0 bridgehead atoms. The molecule has 2 heterocycles. The molecule has 4 nitrogen and oxygen atoms in total. The van der Waals surface area contributed by atoms with Crippen LogP contribution < -0.4 is 5.32 Å². The number of para-hydroxylation sites is 1. The molecule has 0 atom stereocenters. The monoisotopic (exact) mass is 299 g/mol. The Morgan fingerprint density at radius 2 is 2.14 bits per heavy atom. The van der Waals surface area contributed by atoms with E-state index >= 15 is 0 Å². The van der Waals surface area contributed by atoms with Crippen LogP contribution in [0.4, 0.5) is 0 Å². The molecule has 1 saturated heterocycles. The van der Waals surface area contributed by atoms with Crippen LogP contribution in [0.5, 0.6) is 0 Å². The number of H-pyrrole nitrogens is 1. The Morgan fingerprint density at radius 1 is 1.38 bits per heavy atom. The van der Waals surface area contributed by atoms with Crippen LogP contribution in [-0.2, 0) is 11.2 Å². The first-order valence-electron chi connectivity index (χ1n) is 7.07. The first-order chi connectivity index (χ1) is 10.2. The molecule has 0 unspecified atom stereocenters. The number of benzene rings is 1. The number of carbonyl (C=O) groups excluding carboxylic acids is 1. The van der Waals surface area contributed by atoms with Crippen molar-refractivity contribution in [2.24, 2.45) is 0 Å². The van der Waals surface area contributed by atoms with E-state index < -0.39 is 5.54 Å². The van der Waals surface area contributed by atoms with Gasteiger partial charge in [-0.1, -0.05) is 18.2 Å². The van der Waals surface area contributed by atoms with Gasteiger partial charge in [-0.25, -0.2) is 0 Å². The first kappa shape index (κ1) is 14.0. The normalized spacial score (nSPS) is 17.3. The number of aromatic amines is 1. The van der Waals surface area contributed by atoms with Crippen molar-refractivity contribution >= 4 is 28.6 Å². The van der Waals surface area contributed by atoms with Crippen molar-refractivity contribution in [3.05, 3.63) is 36.0 Å². The van der Waals surface area contributed by atoms with Crippen molar-refractivity contribution in [3.63, 3.8) is 0 Å². The lowest BCUT2D eigenvalue weighted by atomic mass is 9.93. The zero-order chi connectivity index (χ0) is 14.7. The number of nitriles is 1. The predicted octanol–water partition coefficient (Wildman–Crippen LogP) is 2.62. The molecule has 2 aromatic rings. The summed E-state index contributed by atoms with van der Waals surface area (Å²) in [6.07, 6.45) is 3.64. The van der Waals surface area contributed by atoms with Gasteiger partial charge in [0.25, 0.3) is 0 Å². The zero-order valence-electron chi connectivity index (χ0n) is 11.7.